The van der Waals surface area contributed by atoms with E-state index in [0.29, 0.717) is 0 Å². The highest BCUT2D eigenvalue weighted by atomic mass is 19.4. The Hall–Kier alpha value is -0.780. The molecular formula is C7H11F3O3. The minimum absolute atomic E-state index is 0.0779. The van der Waals surface area contributed by atoms with Gasteiger partial charge in [0.15, 0.2) is 6.10 Å². The van der Waals surface area contributed by atoms with Crippen molar-refractivity contribution in [1.82, 2.24) is 0 Å². The summed E-state index contributed by atoms with van der Waals surface area (Å²) in [6, 6.07) is 0. The molecule has 0 bridgehead atoms. The number of alkyl halides is 3. The molecule has 0 saturated heterocycles. The van der Waals surface area contributed by atoms with Gasteiger partial charge < -0.3 is 9.47 Å². The van der Waals surface area contributed by atoms with E-state index in [4.69, 9.17) is 0 Å². The van der Waals surface area contributed by atoms with Crippen LogP contribution >= 0.6 is 0 Å². The molecule has 0 fully saturated rings. The second-order valence-electron chi connectivity index (χ2n) is 2.29. The summed E-state index contributed by atoms with van der Waals surface area (Å²) in [6.45, 7) is 1.62. The molecule has 0 aliphatic heterocycles. The molecule has 0 aliphatic rings. The predicted molar refractivity (Wildman–Crippen MR) is 38.1 cm³/mol. The van der Waals surface area contributed by atoms with E-state index in [-0.39, 0.29) is 6.61 Å². The lowest BCUT2D eigenvalue weighted by atomic mass is 10.3. The minimum Gasteiger partial charge on any atom is -0.463 e. The standard InChI is InChI=1S/C7H11F3O3/c1-3-12-6(7(8,9)10)4-13-5(2)11/h6H,3-4H2,1-2H3. The van der Waals surface area contributed by atoms with Crippen LogP contribution < -0.4 is 0 Å². The minimum atomic E-state index is -4.49. The fourth-order valence-electron chi connectivity index (χ4n) is 0.631. The average molecular weight is 200 g/mol. The van der Waals surface area contributed by atoms with Crippen LogP contribution in [-0.4, -0.2) is 31.5 Å². The summed E-state index contributed by atoms with van der Waals surface area (Å²) >= 11 is 0. The molecule has 0 spiro atoms. The smallest absolute Gasteiger partial charge is 0.417 e. The van der Waals surface area contributed by atoms with Crippen molar-refractivity contribution < 1.29 is 27.4 Å². The summed E-state index contributed by atoms with van der Waals surface area (Å²) in [5, 5.41) is 0. The van der Waals surface area contributed by atoms with Crippen molar-refractivity contribution in [3.05, 3.63) is 0 Å². The summed E-state index contributed by atoms with van der Waals surface area (Å²) < 4.78 is 44.7. The molecule has 3 nitrogen and oxygen atoms in total. The van der Waals surface area contributed by atoms with Crippen molar-refractivity contribution in [3.63, 3.8) is 0 Å². The Morgan fingerprint density at radius 1 is 1.46 bits per heavy atom. The molecule has 0 radical (unpaired) electrons. The zero-order valence-corrected chi connectivity index (χ0v) is 7.35. The van der Waals surface area contributed by atoms with Crippen molar-refractivity contribution >= 4 is 5.97 Å². The van der Waals surface area contributed by atoms with E-state index in [1.807, 2.05) is 0 Å². The van der Waals surface area contributed by atoms with Crippen LogP contribution in [0.3, 0.4) is 0 Å². The van der Waals surface area contributed by atoms with E-state index in [1.54, 1.807) is 0 Å². The molecule has 0 aromatic rings. The average Bonchev–Trinajstić information content (AvgIpc) is 1.95. The van der Waals surface area contributed by atoms with Crippen LogP contribution in [0.5, 0.6) is 0 Å². The molecule has 0 aromatic heterocycles. The largest absolute Gasteiger partial charge is 0.463 e. The zero-order chi connectivity index (χ0) is 10.5. The third kappa shape index (κ3) is 5.46. The van der Waals surface area contributed by atoms with Crippen molar-refractivity contribution in [2.45, 2.75) is 26.1 Å². The van der Waals surface area contributed by atoms with E-state index in [1.165, 1.54) is 6.92 Å². The Morgan fingerprint density at radius 2 is 2.00 bits per heavy atom. The Kier molecular flexibility index (Phi) is 4.76. The molecule has 0 aromatic carbocycles. The maximum Gasteiger partial charge on any atom is 0.417 e. The van der Waals surface area contributed by atoms with Gasteiger partial charge in [0.2, 0.25) is 0 Å². The summed E-state index contributed by atoms with van der Waals surface area (Å²) in [7, 11) is 0. The third-order valence-corrected chi connectivity index (χ3v) is 1.17. The van der Waals surface area contributed by atoms with Gasteiger partial charge in [0.05, 0.1) is 0 Å². The number of hydrogen-bond acceptors (Lipinski definition) is 3. The van der Waals surface area contributed by atoms with Crippen molar-refractivity contribution in [3.8, 4) is 0 Å². The molecule has 0 N–H and O–H groups in total. The molecule has 6 heteroatoms. The highest BCUT2D eigenvalue weighted by Gasteiger charge is 2.41. The highest BCUT2D eigenvalue weighted by molar-refractivity contribution is 5.65. The number of carbonyl (C=O) groups excluding carboxylic acids is 1. The number of ether oxygens (including phenoxy) is 2. The van der Waals surface area contributed by atoms with Crippen LogP contribution in [0.1, 0.15) is 13.8 Å². The van der Waals surface area contributed by atoms with Gasteiger partial charge >= 0.3 is 12.1 Å². The fraction of sp³-hybridized carbons (Fsp3) is 0.857. The normalized spacial score (nSPS) is 13.9. The van der Waals surface area contributed by atoms with E-state index in [0.717, 1.165) is 6.92 Å². The van der Waals surface area contributed by atoms with Crippen LogP contribution in [0.2, 0.25) is 0 Å². The fourth-order valence-corrected chi connectivity index (χ4v) is 0.631. The lowest BCUT2D eigenvalue weighted by Gasteiger charge is -2.19. The number of halogens is 3. The van der Waals surface area contributed by atoms with Crippen LogP contribution in [0.25, 0.3) is 0 Å². The number of rotatable bonds is 4. The maximum atomic E-state index is 12.0. The van der Waals surface area contributed by atoms with Gasteiger partial charge in [0.25, 0.3) is 0 Å². The molecule has 13 heavy (non-hydrogen) atoms. The van der Waals surface area contributed by atoms with Gasteiger partial charge in [0.1, 0.15) is 6.61 Å². The van der Waals surface area contributed by atoms with Gasteiger partial charge in [-0.05, 0) is 6.92 Å². The molecular weight excluding hydrogens is 189 g/mol. The molecule has 0 amide bonds. The van der Waals surface area contributed by atoms with Gasteiger partial charge in [0, 0.05) is 13.5 Å². The van der Waals surface area contributed by atoms with Gasteiger partial charge in [-0.15, -0.1) is 0 Å². The van der Waals surface area contributed by atoms with Crippen LogP contribution in [-0.2, 0) is 14.3 Å². The van der Waals surface area contributed by atoms with E-state index in [2.05, 4.69) is 9.47 Å². The van der Waals surface area contributed by atoms with Gasteiger partial charge in [-0.3, -0.25) is 4.79 Å². The van der Waals surface area contributed by atoms with Crippen LogP contribution in [0.4, 0.5) is 13.2 Å². The molecule has 78 valence electrons. The Morgan fingerprint density at radius 3 is 2.31 bits per heavy atom. The second kappa shape index (κ2) is 5.06. The Balaban J connectivity index is 4.02. The maximum absolute atomic E-state index is 12.0. The highest BCUT2D eigenvalue weighted by Crippen LogP contribution is 2.23. The molecule has 0 aliphatic carbocycles. The first-order valence-electron chi connectivity index (χ1n) is 3.69. The summed E-state index contributed by atoms with van der Waals surface area (Å²) in [5.74, 6) is -0.756. The van der Waals surface area contributed by atoms with Crippen LogP contribution in [0, 0.1) is 0 Å². The molecule has 0 rings (SSSR count). The van der Waals surface area contributed by atoms with Gasteiger partial charge in [-0.2, -0.15) is 13.2 Å². The summed E-state index contributed by atoms with van der Waals surface area (Å²) in [5.41, 5.74) is 0. The zero-order valence-electron chi connectivity index (χ0n) is 7.35. The van der Waals surface area contributed by atoms with E-state index < -0.39 is 24.9 Å². The first-order chi connectivity index (χ1) is 5.88. The summed E-state index contributed by atoms with van der Waals surface area (Å²) in [4.78, 5) is 10.2. The lowest BCUT2D eigenvalue weighted by molar-refractivity contribution is -0.231. The summed E-state index contributed by atoms with van der Waals surface area (Å²) in [6.07, 6.45) is -6.52. The number of carbonyl (C=O) groups is 1. The molecule has 1 unspecified atom stereocenters. The molecule has 0 saturated carbocycles. The van der Waals surface area contributed by atoms with Gasteiger partial charge in [-0.1, -0.05) is 0 Å². The molecule has 1 atom stereocenters. The number of esters is 1. The van der Waals surface area contributed by atoms with Crippen molar-refractivity contribution in [2.75, 3.05) is 13.2 Å². The van der Waals surface area contributed by atoms with Crippen molar-refractivity contribution in [2.24, 2.45) is 0 Å². The predicted octanol–water partition coefficient (Wildman–Crippen LogP) is 1.52. The van der Waals surface area contributed by atoms with Crippen molar-refractivity contribution in [1.29, 1.82) is 0 Å². The first-order valence-corrected chi connectivity index (χ1v) is 3.69. The lowest BCUT2D eigenvalue weighted by Crippen LogP contribution is -2.36. The van der Waals surface area contributed by atoms with E-state index >= 15 is 0 Å². The van der Waals surface area contributed by atoms with Gasteiger partial charge in [-0.25, -0.2) is 0 Å². The quantitative estimate of drug-likeness (QED) is 0.645. The Bertz CT molecular complexity index is 167. The van der Waals surface area contributed by atoms with E-state index in [9.17, 15) is 18.0 Å². The second-order valence-corrected chi connectivity index (χ2v) is 2.29. The van der Waals surface area contributed by atoms with Crippen LogP contribution in [0.15, 0.2) is 0 Å². The monoisotopic (exact) mass is 200 g/mol. The number of hydrogen-bond donors (Lipinski definition) is 0. The first kappa shape index (κ1) is 12.2. The topological polar surface area (TPSA) is 35.5 Å². The molecule has 0 heterocycles. The SMILES string of the molecule is CCOC(COC(C)=O)C(F)(F)F. The Labute approximate surface area is 73.8 Å². The third-order valence-electron chi connectivity index (χ3n) is 1.17.